The minimum absolute atomic E-state index is 0.0793. The number of halogens is 3. The zero-order valence-electron chi connectivity index (χ0n) is 30.4. The minimum atomic E-state index is -1.88. The van der Waals surface area contributed by atoms with Gasteiger partial charge in [-0.15, -0.1) is 11.8 Å². The van der Waals surface area contributed by atoms with Crippen LogP contribution in [0.1, 0.15) is 51.5 Å². The number of carbonyl (C=O) groups is 2. The standard InChI is InChI=1S/C40H37F3N6O6S/c1-26(56-32-21-53-38(54-22-32)6-4-3-5-29-9-7-28(19-45)16-35(29)42)40(23-49-25-47-24-48-49,34-12-11-31(41)17-36(34)43)55-39(51)33-15-27(18-44)8-10-30(33)20-52-37(50)13-14-46-2/h3-12,15-17,24-26,32,38,46H,13-14,20-23H2,1-2H3/t26-,32?,38?,40-/m1/s1. The largest absolute Gasteiger partial charge is 0.461 e. The second-order valence-corrected chi connectivity index (χ2v) is 14.2. The quantitative estimate of drug-likeness (QED) is 0.105. The van der Waals surface area contributed by atoms with Crippen molar-refractivity contribution < 1.29 is 41.7 Å². The van der Waals surface area contributed by atoms with Crippen LogP contribution in [0.15, 0.2) is 85.5 Å². The van der Waals surface area contributed by atoms with Crippen LogP contribution < -0.4 is 5.32 Å². The Hall–Kier alpha value is -5.78. The lowest BCUT2D eigenvalue weighted by Crippen LogP contribution is -2.47. The van der Waals surface area contributed by atoms with Gasteiger partial charge in [-0.05, 0) is 56.4 Å². The molecule has 12 nitrogen and oxygen atoms in total. The van der Waals surface area contributed by atoms with Gasteiger partial charge in [-0.25, -0.2) is 27.6 Å². The van der Waals surface area contributed by atoms with Gasteiger partial charge in [0.2, 0.25) is 0 Å². The first kappa shape index (κ1) is 41.4. The number of nitrogens with one attached hydrogen (secondary N) is 1. The van der Waals surface area contributed by atoms with E-state index in [4.69, 9.17) is 24.2 Å². The minimum Gasteiger partial charge on any atom is -0.461 e. The van der Waals surface area contributed by atoms with Crippen LogP contribution in [0, 0.1) is 40.1 Å². The fraction of sp³-hybridized carbons (Fsp3) is 0.300. The highest BCUT2D eigenvalue weighted by atomic mass is 32.2. The predicted molar refractivity (Wildman–Crippen MR) is 199 cm³/mol. The number of nitriles is 2. The van der Waals surface area contributed by atoms with Crippen molar-refractivity contribution in [1.82, 2.24) is 20.1 Å². The van der Waals surface area contributed by atoms with Crippen LogP contribution in [-0.4, -0.2) is 70.3 Å². The molecule has 0 radical (unpaired) electrons. The third-order valence-corrected chi connectivity index (χ3v) is 10.1. The summed E-state index contributed by atoms with van der Waals surface area (Å²) in [5.41, 5.74) is -1.24. The van der Waals surface area contributed by atoms with Crippen LogP contribution in [0.5, 0.6) is 0 Å². The molecule has 3 aromatic carbocycles. The second-order valence-electron chi connectivity index (χ2n) is 12.5. The molecule has 0 amide bonds. The number of allylic oxidation sites excluding steroid dienone is 2. The Morgan fingerprint density at radius 2 is 1.80 bits per heavy atom. The zero-order valence-corrected chi connectivity index (χ0v) is 31.2. The molecule has 5 rings (SSSR count). The van der Waals surface area contributed by atoms with Crippen molar-refractivity contribution >= 4 is 29.8 Å². The summed E-state index contributed by atoms with van der Waals surface area (Å²) in [6.07, 6.45) is 8.39. The molecule has 0 unspecified atom stereocenters. The molecule has 1 fully saturated rings. The Kier molecular flexibility index (Phi) is 14.6. The van der Waals surface area contributed by atoms with Crippen molar-refractivity contribution in [2.24, 2.45) is 0 Å². The molecular weight excluding hydrogens is 750 g/mol. The molecular formula is C40H37F3N6O6S. The van der Waals surface area contributed by atoms with Crippen molar-refractivity contribution in [2.75, 3.05) is 26.8 Å². The van der Waals surface area contributed by atoms with Crippen molar-refractivity contribution in [3.05, 3.63) is 136 Å². The van der Waals surface area contributed by atoms with Gasteiger partial charge in [-0.3, -0.25) is 4.79 Å². The van der Waals surface area contributed by atoms with Crippen molar-refractivity contribution in [2.45, 2.75) is 48.9 Å². The Balaban J connectivity index is 1.39. The van der Waals surface area contributed by atoms with E-state index in [0.717, 1.165) is 12.1 Å². The third kappa shape index (κ3) is 10.7. The lowest BCUT2D eigenvalue weighted by molar-refractivity contribution is -0.146. The summed E-state index contributed by atoms with van der Waals surface area (Å²) in [4.78, 5) is 30.6. The zero-order chi connectivity index (χ0) is 40.1. The van der Waals surface area contributed by atoms with Gasteiger partial charge in [0.05, 0.1) is 60.3 Å². The van der Waals surface area contributed by atoms with Crippen molar-refractivity contribution in [3.63, 3.8) is 0 Å². The molecule has 290 valence electrons. The molecule has 1 aliphatic heterocycles. The van der Waals surface area contributed by atoms with Gasteiger partial charge < -0.3 is 24.3 Å². The van der Waals surface area contributed by atoms with Crippen molar-refractivity contribution in [1.29, 1.82) is 10.5 Å². The summed E-state index contributed by atoms with van der Waals surface area (Å²) in [6, 6.07) is 15.2. The van der Waals surface area contributed by atoms with E-state index >= 15 is 4.39 Å². The molecule has 0 saturated carbocycles. The first-order valence-electron chi connectivity index (χ1n) is 17.3. The summed E-state index contributed by atoms with van der Waals surface area (Å²) < 4.78 is 69.4. The van der Waals surface area contributed by atoms with E-state index in [1.165, 1.54) is 71.6 Å². The number of carbonyl (C=O) groups excluding carboxylic acids is 2. The van der Waals surface area contributed by atoms with Gasteiger partial charge in [-0.2, -0.15) is 15.6 Å². The number of benzene rings is 3. The highest BCUT2D eigenvalue weighted by Crippen LogP contribution is 2.42. The molecule has 56 heavy (non-hydrogen) atoms. The highest BCUT2D eigenvalue weighted by Gasteiger charge is 2.47. The highest BCUT2D eigenvalue weighted by molar-refractivity contribution is 8.00. The van der Waals surface area contributed by atoms with Crippen LogP contribution in [0.25, 0.3) is 6.08 Å². The molecule has 4 aromatic rings. The maximum absolute atomic E-state index is 16.0. The van der Waals surface area contributed by atoms with Gasteiger partial charge in [0, 0.05) is 34.6 Å². The van der Waals surface area contributed by atoms with Crippen LogP contribution in [0.2, 0.25) is 0 Å². The van der Waals surface area contributed by atoms with E-state index in [-0.39, 0.29) is 65.9 Å². The molecule has 0 bridgehead atoms. The predicted octanol–water partition coefficient (Wildman–Crippen LogP) is 5.98. The lowest BCUT2D eigenvalue weighted by Gasteiger charge is -2.40. The van der Waals surface area contributed by atoms with E-state index < -0.39 is 46.5 Å². The lowest BCUT2D eigenvalue weighted by atomic mass is 9.89. The smallest absolute Gasteiger partial charge is 0.339 e. The topological polar surface area (TPSA) is 161 Å². The SMILES string of the molecule is CNCCC(=O)OCc1ccc(C#N)cc1C(=O)O[C@@](Cn1cncn1)(c1ccc(F)cc1F)[C@@H](C)SC1COC(C=CC=Cc2ccc(C#N)cc2F)OC1. The summed E-state index contributed by atoms with van der Waals surface area (Å²) >= 11 is 1.28. The summed E-state index contributed by atoms with van der Waals surface area (Å²) in [7, 11) is 1.69. The number of ether oxygens (including phenoxy) is 4. The Labute approximate surface area is 325 Å². The Morgan fingerprint density at radius 1 is 1.05 bits per heavy atom. The molecule has 2 atom stereocenters. The Bertz CT molecular complexity index is 2150. The number of nitrogens with zero attached hydrogens (tertiary/aromatic N) is 5. The van der Waals surface area contributed by atoms with E-state index in [9.17, 15) is 23.6 Å². The fourth-order valence-corrected chi connectivity index (χ4v) is 7.13. The Morgan fingerprint density at radius 3 is 2.48 bits per heavy atom. The normalized spacial score (nSPS) is 17.2. The van der Waals surface area contributed by atoms with Crippen LogP contribution in [0.3, 0.4) is 0 Å². The van der Waals surface area contributed by atoms with Gasteiger partial charge in [-0.1, -0.05) is 30.4 Å². The monoisotopic (exact) mass is 786 g/mol. The number of hydrogen-bond acceptors (Lipinski definition) is 12. The number of rotatable bonds is 16. The fourth-order valence-electron chi connectivity index (χ4n) is 5.77. The first-order valence-corrected chi connectivity index (χ1v) is 18.3. The van der Waals surface area contributed by atoms with Gasteiger partial charge in [0.1, 0.15) is 36.7 Å². The van der Waals surface area contributed by atoms with E-state index in [1.807, 2.05) is 12.1 Å². The number of esters is 2. The molecule has 2 heterocycles. The molecule has 1 aromatic heterocycles. The molecule has 1 N–H and O–H groups in total. The average molecular weight is 787 g/mol. The van der Waals surface area contributed by atoms with Gasteiger partial charge in [0.15, 0.2) is 11.9 Å². The van der Waals surface area contributed by atoms with Crippen LogP contribution in [0.4, 0.5) is 13.2 Å². The average Bonchev–Trinajstić information content (AvgIpc) is 3.71. The second kappa shape index (κ2) is 19.7. The van der Waals surface area contributed by atoms with Gasteiger partial charge >= 0.3 is 11.9 Å². The maximum atomic E-state index is 16.0. The molecule has 0 spiro atoms. The van der Waals surface area contributed by atoms with E-state index in [1.54, 1.807) is 32.2 Å². The molecule has 0 aliphatic carbocycles. The number of hydrogen-bond donors (Lipinski definition) is 1. The number of thioether (sulfide) groups is 1. The maximum Gasteiger partial charge on any atom is 0.339 e. The van der Waals surface area contributed by atoms with Crippen molar-refractivity contribution in [3.8, 4) is 12.1 Å². The summed E-state index contributed by atoms with van der Waals surface area (Å²) in [5, 5.41) is 24.5. The molecule has 1 aliphatic rings. The summed E-state index contributed by atoms with van der Waals surface area (Å²) in [6.45, 7) is 1.87. The van der Waals surface area contributed by atoms with Crippen LogP contribution >= 0.6 is 11.8 Å². The summed E-state index contributed by atoms with van der Waals surface area (Å²) in [5.74, 6) is -3.84. The van der Waals surface area contributed by atoms with E-state index in [0.29, 0.717) is 18.2 Å². The van der Waals surface area contributed by atoms with E-state index in [2.05, 4.69) is 15.4 Å². The molecule has 16 heteroatoms. The first-order chi connectivity index (χ1) is 27.0. The van der Waals surface area contributed by atoms with Crippen LogP contribution in [-0.2, 0) is 42.5 Å². The number of aromatic nitrogens is 3. The third-order valence-electron chi connectivity index (χ3n) is 8.68. The molecule has 1 saturated heterocycles. The van der Waals surface area contributed by atoms with Gasteiger partial charge in [0.25, 0.3) is 0 Å².